The molecule has 9 rings (SSSR count). The third kappa shape index (κ3) is 3.76. The van der Waals surface area contributed by atoms with Gasteiger partial charge in [-0.15, -0.1) is 0 Å². The molecule has 0 radical (unpaired) electrons. The first-order valence-corrected chi connectivity index (χ1v) is 17.1. The maximum atomic E-state index is 12.4. The zero-order valence-corrected chi connectivity index (χ0v) is 27.4. The Kier molecular flexibility index (Phi) is 6.67. The molecule has 1 aromatic rings. The molecule has 4 saturated carbocycles. The second-order valence-corrected chi connectivity index (χ2v) is 16.6. The predicted octanol–water partition coefficient (Wildman–Crippen LogP) is 1.98. The van der Waals surface area contributed by atoms with Crippen LogP contribution in [0, 0.1) is 22.7 Å². The molecule has 12 atom stereocenters. The van der Waals surface area contributed by atoms with Gasteiger partial charge >= 0.3 is 5.97 Å². The molecule has 5 N–H and O–H groups in total. The number of aliphatic carboxylic acids is 1. The van der Waals surface area contributed by atoms with Gasteiger partial charge in [-0.2, -0.15) is 0 Å². The van der Waals surface area contributed by atoms with Crippen LogP contribution in [-0.4, -0.2) is 111 Å². The average Bonchev–Trinajstić information content (AvgIpc) is 3.75. The van der Waals surface area contributed by atoms with Crippen LogP contribution >= 0.6 is 0 Å². The van der Waals surface area contributed by atoms with E-state index in [-0.39, 0.29) is 22.5 Å². The number of aliphatic hydroxyl groups excluding tert-OH is 3. The molecule has 1 aromatic carbocycles. The van der Waals surface area contributed by atoms with Gasteiger partial charge in [-0.05, 0) is 81.4 Å². The van der Waals surface area contributed by atoms with E-state index in [9.17, 15) is 30.3 Å². The smallest absolute Gasteiger partial charge is 0.335 e. The van der Waals surface area contributed by atoms with E-state index in [0.29, 0.717) is 11.8 Å². The summed E-state index contributed by atoms with van der Waals surface area (Å²) in [5, 5.41) is 53.6. The molecule has 2 saturated heterocycles. The van der Waals surface area contributed by atoms with Crippen LogP contribution < -0.4 is 9.47 Å². The maximum Gasteiger partial charge on any atom is 0.335 e. The average molecular weight is 644 g/mol. The van der Waals surface area contributed by atoms with Gasteiger partial charge < -0.3 is 44.5 Å². The van der Waals surface area contributed by atoms with Crippen molar-refractivity contribution in [3.8, 4) is 11.5 Å². The topological polar surface area (TPSA) is 158 Å². The van der Waals surface area contributed by atoms with Crippen LogP contribution in [0.5, 0.6) is 11.5 Å². The van der Waals surface area contributed by atoms with Gasteiger partial charge in [-0.3, -0.25) is 4.90 Å². The monoisotopic (exact) mass is 643 g/mol. The van der Waals surface area contributed by atoms with Gasteiger partial charge in [0.05, 0.1) is 5.60 Å². The standard InChI is InChI=1S/C35H49NO10/c1-31(2,3)32(4,42)20-15-33-10-11-35(20,43-5)30-34(33)12-13-36(16-17-6-7-17)21(33)14-18-8-9-19(26(46-30)22(18)34)44-29-25(39)23(37)24(38)27(45-29)28(40)41/h8-9,17,20-21,23-25,27,29-30,37-39,42H,6-7,10-16H2,1-5H3,(H,40,41)/t20-,21-,23+,24+,25-,27+,29-,30-,32+,33-,34+,35-/m1/s1. The van der Waals surface area contributed by atoms with Gasteiger partial charge in [0, 0.05) is 42.0 Å². The lowest BCUT2D eigenvalue weighted by Gasteiger charge is -2.75. The normalized spacial score (nSPS) is 45.5. The number of rotatable bonds is 7. The molecule has 8 aliphatic rings. The SMILES string of the molecule is CO[C@]12CC[C@@]3(C[C@@H]1[C@](C)(O)C(C)(C)C)[C@H]1Cc4ccc(O[C@@H]5O[C@H](C(=O)O)[C@@H](O)[C@H](O)[C@H]5O)c5c4[C@@]3(CCN1CC1CC1)[C@H]2O5. The number of carboxylic acids is 1. The number of hydrogen-bond acceptors (Lipinski definition) is 10. The molecule has 3 aliphatic heterocycles. The summed E-state index contributed by atoms with van der Waals surface area (Å²) in [6.45, 7) is 10.3. The summed E-state index contributed by atoms with van der Waals surface area (Å²) >= 11 is 0. The van der Waals surface area contributed by atoms with Crippen LogP contribution in [-0.2, 0) is 26.1 Å². The lowest BCUT2D eigenvalue weighted by molar-refractivity contribution is -0.312. The molecule has 0 unspecified atom stereocenters. The first kappa shape index (κ1) is 31.3. The van der Waals surface area contributed by atoms with E-state index in [1.165, 1.54) is 18.4 Å². The molecule has 254 valence electrons. The number of ether oxygens (including phenoxy) is 4. The Morgan fingerprint density at radius 3 is 2.46 bits per heavy atom. The highest BCUT2D eigenvalue weighted by molar-refractivity contribution is 5.73. The maximum absolute atomic E-state index is 12.4. The number of piperidine rings is 1. The summed E-state index contributed by atoms with van der Waals surface area (Å²) < 4.78 is 25.5. The molecular weight excluding hydrogens is 594 g/mol. The Hall–Kier alpha value is -1.99. The first-order chi connectivity index (χ1) is 21.6. The second-order valence-electron chi connectivity index (χ2n) is 16.6. The molecule has 0 amide bonds. The highest BCUT2D eigenvalue weighted by Crippen LogP contribution is 2.78. The number of benzene rings is 1. The van der Waals surface area contributed by atoms with Crippen LogP contribution in [0.2, 0.25) is 0 Å². The Balaban J connectivity index is 1.27. The lowest BCUT2D eigenvalue weighted by Crippen LogP contribution is -2.83. The molecule has 46 heavy (non-hydrogen) atoms. The van der Waals surface area contributed by atoms with E-state index in [1.54, 1.807) is 13.2 Å². The van der Waals surface area contributed by atoms with Crippen LogP contribution in [0.15, 0.2) is 12.1 Å². The second kappa shape index (κ2) is 9.80. The van der Waals surface area contributed by atoms with Crippen molar-refractivity contribution in [2.75, 3.05) is 20.2 Å². The fourth-order valence-electron chi connectivity index (χ4n) is 10.9. The number of aliphatic hydroxyl groups is 4. The summed E-state index contributed by atoms with van der Waals surface area (Å²) in [5.41, 5.74) is -0.512. The molecular formula is C35H49NO10. The molecule has 2 spiro atoms. The highest BCUT2D eigenvalue weighted by atomic mass is 16.7. The van der Waals surface area contributed by atoms with Crippen molar-refractivity contribution in [2.24, 2.45) is 22.7 Å². The molecule has 5 aliphatic carbocycles. The van der Waals surface area contributed by atoms with E-state index in [1.807, 2.05) is 6.92 Å². The van der Waals surface area contributed by atoms with Crippen LogP contribution in [0.4, 0.5) is 0 Å². The minimum Gasteiger partial charge on any atom is -0.482 e. The fourth-order valence-corrected chi connectivity index (χ4v) is 10.9. The largest absolute Gasteiger partial charge is 0.482 e. The summed E-state index contributed by atoms with van der Waals surface area (Å²) in [4.78, 5) is 14.5. The molecule has 6 fully saturated rings. The van der Waals surface area contributed by atoms with E-state index in [0.717, 1.165) is 56.7 Å². The number of fused-ring (bicyclic) bond motifs is 2. The highest BCUT2D eigenvalue weighted by Gasteiger charge is 2.82. The quantitative estimate of drug-likeness (QED) is 0.296. The Bertz CT molecular complexity index is 1440. The van der Waals surface area contributed by atoms with Crippen molar-refractivity contribution in [1.82, 2.24) is 4.90 Å². The first-order valence-electron chi connectivity index (χ1n) is 17.1. The minimum atomic E-state index is -1.81. The molecule has 3 heterocycles. The Morgan fingerprint density at radius 1 is 1.07 bits per heavy atom. The van der Waals surface area contributed by atoms with E-state index < -0.39 is 59.4 Å². The predicted molar refractivity (Wildman–Crippen MR) is 163 cm³/mol. The van der Waals surface area contributed by atoms with Crippen LogP contribution in [0.3, 0.4) is 0 Å². The van der Waals surface area contributed by atoms with Crippen molar-refractivity contribution < 1.29 is 49.3 Å². The van der Waals surface area contributed by atoms with Gasteiger partial charge in [-0.1, -0.05) is 26.8 Å². The number of likely N-dealkylation sites (tertiary alicyclic amines) is 1. The van der Waals surface area contributed by atoms with E-state index in [2.05, 4.69) is 31.7 Å². The Morgan fingerprint density at radius 2 is 1.80 bits per heavy atom. The lowest BCUT2D eigenvalue weighted by atomic mass is 9.33. The van der Waals surface area contributed by atoms with Gasteiger partial charge in [0.2, 0.25) is 6.29 Å². The zero-order chi connectivity index (χ0) is 32.8. The van der Waals surface area contributed by atoms with Crippen LogP contribution in [0.1, 0.15) is 77.3 Å². The Labute approximate surface area is 269 Å². The zero-order valence-electron chi connectivity index (χ0n) is 27.4. The molecule has 11 heteroatoms. The minimum absolute atomic E-state index is 0.169. The molecule has 4 bridgehead atoms. The van der Waals surface area contributed by atoms with E-state index in [4.69, 9.17) is 18.9 Å². The van der Waals surface area contributed by atoms with Gasteiger partial charge in [0.15, 0.2) is 17.6 Å². The number of carbonyl (C=O) groups is 1. The van der Waals surface area contributed by atoms with Crippen molar-refractivity contribution in [1.29, 1.82) is 0 Å². The van der Waals surface area contributed by atoms with Crippen molar-refractivity contribution in [3.63, 3.8) is 0 Å². The molecule has 11 nitrogen and oxygen atoms in total. The fraction of sp³-hybridized carbons (Fsp3) is 0.800. The van der Waals surface area contributed by atoms with E-state index >= 15 is 0 Å². The number of carboxylic acid groups (broad SMARTS) is 1. The van der Waals surface area contributed by atoms with Gasteiger partial charge in [0.1, 0.15) is 30.0 Å². The summed E-state index contributed by atoms with van der Waals surface area (Å²) in [6, 6.07) is 4.14. The summed E-state index contributed by atoms with van der Waals surface area (Å²) in [6.07, 6.45) is -2.16. The van der Waals surface area contributed by atoms with Crippen molar-refractivity contribution in [3.05, 3.63) is 23.3 Å². The third-order valence-corrected chi connectivity index (χ3v) is 13.9. The van der Waals surface area contributed by atoms with Crippen molar-refractivity contribution in [2.45, 2.75) is 132 Å². The number of nitrogens with zero attached hydrogens (tertiary/aromatic N) is 1. The summed E-state index contributed by atoms with van der Waals surface area (Å²) in [5.74, 6) is -0.0821. The third-order valence-electron chi connectivity index (χ3n) is 13.9. The number of hydrogen-bond donors (Lipinski definition) is 5. The van der Waals surface area contributed by atoms with Gasteiger partial charge in [-0.25, -0.2) is 4.79 Å². The van der Waals surface area contributed by atoms with Crippen molar-refractivity contribution >= 4 is 5.97 Å². The van der Waals surface area contributed by atoms with Crippen LogP contribution in [0.25, 0.3) is 0 Å². The summed E-state index contributed by atoms with van der Waals surface area (Å²) in [7, 11) is 1.75. The molecule has 0 aromatic heterocycles. The number of methoxy groups -OCH3 is 1. The van der Waals surface area contributed by atoms with Gasteiger partial charge in [0.25, 0.3) is 0 Å².